The van der Waals surface area contributed by atoms with Crippen molar-refractivity contribution in [3.05, 3.63) is 30.2 Å². The summed E-state index contributed by atoms with van der Waals surface area (Å²) in [5.41, 5.74) is 0.912. The summed E-state index contributed by atoms with van der Waals surface area (Å²) in [4.78, 5) is 14.1. The van der Waals surface area contributed by atoms with Crippen molar-refractivity contribution in [2.45, 2.75) is 0 Å². The van der Waals surface area contributed by atoms with Crippen molar-refractivity contribution in [1.82, 2.24) is 15.4 Å². The molecule has 6 nitrogen and oxygen atoms in total. The predicted octanol–water partition coefficient (Wildman–Crippen LogP) is 0.980. The van der Waals surface area contributed by atoms with E-state index in [4.69, 9.17) is 8.94 Å². The Bertz CT molecular complexity index is 527. The minimum absolute atomic E-state index is 0.0656. The minimum atomic E-state index is -0.0656. The van der Waals surface area contributed by atoms with Gasteiger partial charge in [0.2, 0.25) is 0 Å². The van der Waals surface area contributed by atoms with Gasteiger partial charge in [0.05, 0.1) is 6.26 Å². The molecule has 0 aliphatic carbocycles. The number of hydrogen-bond donors (Lipinski definition) is 1. The molecule has 1 amide bonds. The molecule has 1 fully saturated rings. The third kappa shape index (κ3) is 1.91. The van der Waals surface area contributed by atoms with Gasteiger partial charge in [0.25, 0.3) is 5.91 Å². The molecule has 6 heteroatoms. The molecule has 1 aliphatic heterocycles. The van der Waals surface area contributed by atoms with Crippen molar-refractivity contribution in [2.75, 3.05) is 26.2 Å². The van der Waals surface area contributed by atoms with Gasteiger partial charge in [0, 0.05) is 26.2 Å². The largest absolute Gasteiger partial charge is 0.463 e. The van der Waals surface area contributed by atoms with Gasteiger partial charge in [-0.15, -0.1) is 0 Å². The Balaban J connectivity index is 1.88. The third-order valence-electron chi connectivity index (χ3n) is 2.96. The SMILES string of the molecule is O=C(c1conc1-c1ccco1)N1CCNCC1. The van der Waals surface area contributed by atoms with Crippen LogP contribution in [0.25, 0.3) is 11.5 Å². The topological polar surface area (TPSA) is 71.5 Å². The molecule has 2 aromatic rings. The first-order valence-electron chi connectivity index (χ1n) is 5.84. The minimum Gasteiger partial charge on any atom is -0.463 e. The van der Waals surface area contributed by atoms with Crippen LogP contribution >= 0.6 is 0 Å². The molecule has 1 aliphatic rings. The van der Waals surface area contributed by atoms with Crippen molar-refractivity contribution in [3.63, 3.8) is 0 Å². The summed E-state index contributed by atoms with van der Waals surface area (Å²) in [7, 11) is 0. The lowest BCUT2D eigenvalue weighted by molar-refractivity contribution is 0.0735. The van der Waals surface area contributed by atoms with Crippen LogP contribution in [0, 0.1) is 0 Å². The van der Waals surface area contributed by atoms with Crippen LogP contribution in [0.4, 0.5) is 0 Å². The van der Waals surface area contributed by atoms with Crippen LogP contribution in [-0.4, -0.2) is 42.1 Å². The van der Waals surface area contributed by atoms with Crippen molar-refractivity contribution in [3.8, 4) is 11.5 Å². The summed E-state index contributed by atoms with van der Waals surface area (Å²) < 4.78 is 10.2. The van der Waals surface area contributed by atoms with Gasteiger partial charge in [-0.2, -0.15) is 0 Å². The van der Waals surface area contributed by atoms with Crippen molar-refractivity contribution >= 4 is 5.91 Å². The molecule has 94 valence electrons. The summed E-state index contributed by atoms with van der Waals surface area (Å²) in [5.74, 6) is 0.478. The Kier molecular flexibility index (Phi) is 2.85. The Hall–Kier alpha value is -2.08. The smallest absolute Gasteiger partial charge is 0.259 e. The summed E-state index contributed by atoms with van der Waals surface area (Å²) in [6.45, 7) is 3.02. The molecule has 0 spiro atoms. The summed E-state index contributed by atoms with van der Waals surface area (Å²) in [6.07, 6.45) is 2.92. The van der Waals surface area contributed by atoms with Crippen LogP contribution in [-0.2, 0) is 0 Å². The Labute approximate surface area is 104 Å². The maximum atomic E-state index is 12.3. The van der Waals surface area contributed by atoms with E-state index in [0.717, 1.165) is 13.1 Å². The molecule has 18 heavy (non-hydrogen) atoms. The number of piperazine rings is 1. The molecule has 2 aromatic heterocycles. The Morgan fingerprint density at radius 1 is 1.39 bits per heavy atom. The summed E-state index contributed by atoms with van der Waals surface area (Å²) in [6, 6.07) is 3.51. The second-order valence-electron chi connectivity index (χ2n) is 4.10. The second kappa shape index (κ2) is 4.66. The molecule has 1 N–H and O–H groups in total. The number of aromatic nitrogens is 1. The average Bonchev–Trinajstić information content (AvgIpc) is 3.09. The molecule has 3 rings (SSSR count). The molecule has 0 atom stereocenters. The molecule has 0 bridgehead atoms. The van der Waals surface area contributed by atoms with Crippen molar-refractivity contribution in [1.29, 1.82) is 0 Å². The van der Waals surface area contributed by atoms with Crippen molar-refractivity contribution in [2.24, 2.45) is 0 Å². The number of nitrogens with one attached hydrogen (secondary N) is 1. The van der Waals surface area contributed by atoms with Crippen LogP contribution in [0.1, 0.15) is 10.4 Å². The highest BCUT2D eigenvalue weighted by molar-refractivity contribution is 5.99. The standard InChI is InChI=1S/C12H13N3O3/c16-12(15-5-3-13-4-6-15)9-8-18-14-11(9)10-2-1-7-17-10/h1-2,7-8,13H,3-6H2. The first-order valence-corrected chi connectivity index (χ1v) is 5.84. The molecule has 3 heterocycles. The number of rotatable bonds is 2. The lowest BCUT2D eigenvalue weighted by Gasteiger charge is -2.26. The van der Waals surface area contributed by atoms with Gasteiger partial charge in [0.1, 0.15) is 11.8 Å². The Morgan fingerprint density at radius 3 is 2.94 bits per heavy atom. The molecule has 0 radical (unpaired) electrons. The quantitative estimate of drug-likeness (QED) is 0.856. The van der Waals surface area contributed by atoms with Gasteiger partial charge in [-0.05, 0) is 12.1 Å². The van der Waals surface area contributed by atoms with Crippen LogP contribution < -0.4 is 5.32 Å². The van der Waals surface area contributed by atoms with Gasteiger partial charge in [-0.1, -0.05) is 5.16 Å². The highest BCUT2D eigenvalue weighted by atomic mass is 16.5. The number of furan rings is 1. The van der Waals surface area contributed by atoms with Crippen LogP contribution in [0.3, 0.4) is 0 Å². The highest BCUT2D eigenvalue weighted by Gasteiger charge is 2.24. The van der Waals surface area contributed by atoms with E-state index in [2.05, 4.69) is 10.5 Å². The Morgan fingerprint density at radius 2 is 2.22 bits per heavy atom. The van der Waals surface area contributed by atoms with Crippen LogP contribution in [0.15, 0.2) is 33.6 Å². The van der Waals surface area contributed by atoms with E-state index in [1.807, 2.05) is 0 Å². The lowest BCUT2D eigenvalue weighted by Crippen LogP contribution is -2.46. The highest BCUT2D eigenvalue weighted by Crippen LogP contribution is 2.23. The fourth-order valence-corrected chi connectivity index (χ4v) is 2.02. The fraction of sp³-hybridized carbons (Fsp3) is 0.333. The molecular weight excluding hydrogens is 234 g/mol. The van der Waals surface area contributed by atoms with Crippen LogP contribution in [0.2, 0.25) is 0 Å². The number of carbonyl (C=O) groups excluding carboxylic acids is 1. The average molecular weight is 247 g/mol. The van der Waals surface area contributed by atoms with E-state index in [1.54, 1.807) is 23.3 Å². The van der Waals surface area contributed by atoms with E-state index < -0.39 is 0 Å². The van der Waals surface area contributed by atoms with Gasteiger partial charge in [-0.3, -0.25) is 4.79 Å². The summed E-state index contributed by atoms with van der Waals surface area (Å²) >= 11 is 0. The van der Waals surface area contributed by atoms with E-state index >= 15 is 0 Å². The molecule has 0 unspecified atom stereocenters. The second-order valence-corrected chi connectivity index (χ2v) is 4.10. The molecule has 0 saturated carbocycles. The van der Waals surface area contributed by atoms with Crippen molar-refractivity contribution < 1.29 is 13.7 Å². The number of hydrogen-bond acceptors (Lipinski definition) is 5. The first-order chi connectivity index (χ1) is 8.86. The maximum absolute atomic E-state index is 12.3. The predicted molar refractivity (Wildman–Crippen MR) is 63.0 cm³/mol. The molecular formula is C12H13N3O3. The summed E-state index contributed by atoms with van der Waals surface area (Å²) in [5, 5.41) is 7.05. The maximum Gasteiger partial charge on any atom is 0.259 e. The van der Waals surface area contributed by atoms with E-state index in [9.17, 15) is 4.79 Å². The third-order valence-corrected chi connectivity index (χ3v) is 2.96. The van der Waals surface area contributed by atoms with E-state index in [1.165, 1.54) is 6.26 Å². The first kappa shape index (κ1) is 11.0. The fourth-order valence-electron chi connectivity index (χ4n) is 2.02. The number of nitrogens with zero attached hydrogens (tertiary/aromatic N) is 2. The van der Waals surface area contributed by atoms with E-state index in [-0.39, 0.29) is 5.91 Å². The van der Waals surface area contributed by atoms with Gasteiger partial charge in [-0.25, -0.2) is 0 Å². The number of carbonyl (C=O) groups is 1. The zero-order valence-electron chi connectivity index (χ0n) is 9.76. The lowest BCUT2D eigenvalue weighted by atomic mass is 10.1. The monoisotopic (exact) mass is 247 g/mol. The zero-order valence-corrected chi connectivity index (χ0v) is 9.76. The van der Waals surface area contributed by atoms with Crippen LogP contribution in [0.5, 0.6) is 0 Å². The zero-order chi connectivity index (χ0) is 12.4. The van der Waals surface area contributed by atoms with Gasteiger partial charge < -0.3 is 19.2 Å². The van der Waals surface area contributed by atoms with Gasteiger partial charge in [0.15, 0.2) is 11.5 Å². The van der Waals surface area contributed by atoms with E-state index in [0.29, 0.717) is 30.1 Å². The normalized spacial score (nSPS) is 15.9. The van der Waals surface area contributed by atoms with Gasteiger partial charge >= 0.3 is 0 Å². The molecule has 0 aromatic carbocycles. The molecule has 1 saturated heterocycles. The number of amides is 1.